The first kappa shape index (κ1) is 23.6. The highest BCUT2D eigenvalue weighted by Crippen LogP contribution is 2.52. The van der Waals surface area contributed by atoms with Gasteiger partial charge in [0.25, 0.3) is 0 Å². The number of hydrogen-bond acceptors (Lipinski definition) is 8. The fourth-order valence-electron chi connectivity index (χ4n) is 3.30. The topological polar surface area (TPSA) is 160 Å². The Morgan fingerprint density at radius 2 is 2.10 bits per heavy atom. The minimum atomic E-state index is -4.96. The number of ether oxygens (including phenoxy) is 1. The van der Waals surface area contributed by atoms with E-state index in [9.17, 15) is 27.9 Å². The lowest BCUT2D eigenvalue weighted by Gasteiger charge is -2.49. The minimum absolute atomic E-state index is 0.0321. The lowest BCUT2D eigenvalue weighted by Crippen LogP contribution is -2.67. The van der Waals surface area contributed by atoms with E-state index in [0.717, 1.165) is 16.7 Å². The number of thioether (sulfide) groups is 1. The third-order valence-corrected chi connectivity index (χ3v) is 6.00. The van der Waals surface area contributed by atoms with E-state index >= 15 is 0 Å². The SMILES string of the molecule is CCO[C@@](C)(OS(=O)(=O)O)[C@@H]1C(=O)N2C(C(=O)O)=C(S/C(Cl)=C/NC(C)=O)C[C@H]12. The number of hydrogen-bond donors (Lipinski definition) is 3. The Hall–Kier alpha value is -1.64. The van der Waals surface area contributed by atoms with Gasteiger partial charge in [0.1, 0.15) is 11.6 Å². The van der Waals surface area contributed by atoms with Gasteiger partial charge in [-0.3, -0.25) is 14.1 Å². The third kappa shape index (κ3) is 5.10. The first-order valence-electron chi connectivity index (χ1n) is 8.23. The van der Waals surface area contributed by atoms with E-state index < -0.39 is 40.0 Å². The molecule has 3 atom stereocenters. The number of halogens is 1. The number of nitrogens with zero attached hydrogens (tertiary/aromatic N) is 1. The molecule has 0 saturated carbocycles. The van der Waals surface area contributed by atoms with E-state index in [4.69, 9.17) is 20.9 Å². The van der Waals surface area contributed by atoms with Crippen molar-refractivity contribution in [3.05, 3.63) is 21.2 Å². The number of rotatable bonds is 9. The molecule has 0 spiro atoms. The summed E-state index contributed by atoms with van der Waals surface area (Å²) < 4.78 is 41.5. The summed E-state index contributed by atoms with van der Waals surface area (Å²) in [4.78, 5) is 36.6. The second-order valence-electron chi connectivity index (χ2n) is 6.25. The summed E-state index contributed by atoms with van der Waals surface area (Å²) in [5.41, 5.74) is -0.304. The molecule has 0 aromatic rings. The molecule has 0 radical (unpaired) electrons. The number of carbonyl (C=O) groups is 3. The molecule has 2 amide bonds. The zero-order chi connectivity index (χ0) is 22.1. The summed E-state index contributed by atoms with van der Waals surface area (Å²) in [6, 6.07) is -0.778. The van der Waals surface area contributed by atoms with Crippen molar-refractivity contribution in [3.63, 3.8) is 0 Å². The molecule has 1 fully saturated rings. The summed E-state index contributed by atoms with van der Waals surface area (Å²) in [5, 5.41) is 11.9. The quantitative estimate of drug-likeness (QED) is 0.252. The van der Waals surface area contributed by atoms with Gasteiger partial charge in [-0.2, -0.15) is 8.42 Å². The first-order chi connectivity index (χ1) is 13.3. The maximum Gasteiger partial charge on any atom is 0.400 e. The summed E-state index contributed by atoms with van der Waals surface area (Å²) in [7, 11) is -4.96. The van der Waals surface area contributed by atoms with Gasteiger partial charge in [-0.25, -0.2) is 8.98 Å². The van der Waals surface area contributed by atoms with Gasteiger partial charge in [0.2, 0.25) is 11.8 Å². The van der Waals surface area contributed by atoms with Gasteiger partial charge in [0, 0.05) is 31.1 Å². The number of amides is 2. The van der Waals surface area contributed by atoms with Crippen LogP contribution in [-0.2, 0) is 33.7 Å². The Balaban J connectivity index is 2.32. The van der Waals surface area contributed by atoms with Gasteiger partial charge >= 0.3 is 16.4 Å². The van der Waals surface area contributed by atoms with Crippen molar-refractivity contribution in [2.24, 2.45) is 5.92 Å². The van der Waals surface area contributed by atoms with E-state index in [2.05, 4.69) is 9.50 Å². The minimum Gasteiger partial charge on any atom is -0.477 e. The molecule has 0 aromatic heterocycles. The largest absolute Gasteiger partial charge is 0.477 e. The molecule has 14 heteroatoms. The number of carboxylic acids is 1. The highest BCUT2D eigenvalue weighted by Gasteiger charge is 2.64. The zero-order valence-corrected chi connectivity index (χ0v) is 17.9. The molecule has 2 heterocycles. The fraction of sp³-hybridized carbons (Fsp3) is 0.533. The van der Waals surface area contributed by atoms with E-state index in [1.54, 1.807) is 0 Å². The van der Waals surface area contributed by atoms with Gasteiger partial charge in [-0.15, -0.1) is 0 Å². The molecule has 2 aliphatic rings. The summed E-state index contributed by atoms with van der Waals surface area (Å²) >= 11 is 6.85. The van der Waals surface area contributed by atoms with Crippen molar-refractivity contribution in [3.8, 4) is 0 Å². The van der Waals surface area contributed by atoms with Crippen LogP contribution in [0.25, 0.3) is 0 Å². The van der Waals surface area contributed by atoms with Crippen molar-refractivity contribution >= 4 is 51.5 Å². The highest BCUT2D eigenvalue weighted by molar-refractivity contribution is 8.08. The molecule has 0 aliphatic carbocycles. The Kier molecular flexibility index (Phi) is 7.02. The van der Waals surface area contributed by atoms with Crippen LogP contribution in [0.15, 0.2) is 21.2 Å². The molecular weight excluding hydrogens is 452 g/mol. The molecule has 0 aromatic carbocycles. The lowest BCUT2D eigenvalue weighted by molar-refractivity contribution is -0.235. The van der Waals surface area contributed by atoms with Crippen LogP contribution < -0.4 is 5.32 Å². The summed E-state index contributed by atoms with van der Waals surface area (Å²) in [6.45, 7) is 3.95. The van der Waals surface area contributed by atoms with Crippen LogP contribution in [0.3, 0.4) is 0 Å². The van der Waals surface area contributed by atoms with E-state index in [1.807, 2.05) is 0 Å². The Morgan fingerprint density at radius 1 is 1.48 bits per heavy atom. The first-order valence-corrected chi connectivity index (χ1v) is 10.8. The average molecular weight is 471 g/mol. The fourth-order valence-corrected chi connectivity index (χ4v) is 5.10. The van der Waals surface area contributed by atoms with Crippen molar-refractivity contribution in [1.82, 2.24) is 10.2 Å². The van der Waals surface area contributed by atoms with E-state index in [1.165, 1.54) is 27.0 Å². The normalized spacial score (nSPS) is 24.1. The van der Waals surface area contributed by atoms with Crippen LogP contribution in [0.1, 0.15) is 27.2 Å². The van der Waals surface area contributed by atoms with Gasteiger partial charge in [-0.1, -0.05) is 23.4 Å². The Bertz CT molecular complexity index is 901. The van der Waals surface area contributed by atoms with E-state index in [-0.39, 0.29) is 33.9 Å². The van der Waals surface area contributed by atoms with Crippen LogP contribution in [0.5, 0.6) is 0 Å². The van der Waals surface area contributed by atoms with Gasteiger partial charge in [0.15, 0.2) is 5.79 Å². The second kappa shape index (κ2) is 8.62. The number of fused-ring (bicyclic) bond motifs is 1. The van der Waals surface area contributed by atoms with E-state index in [0.29, 0.717) is 0 Å². The molecule has 29 heavy (non-hydrogen) atoms. The highest BCUT2D eigenvalue weighted by atomic mass is 35.5. The monoisotopic (exact) mass is 470 g/mol. The van der Waals surface area contributed by atoms with Gasteiger partial charge < -0.3 is 20.1 Å². The molecule has 1 saturated heterocycles. The Morgan fingerprint density at radius 3 is 2.59 bits per heavy atom. The molecule has 0 bridgehead atoms. The molecule has 2 rings (SSSR count). The lowest BCUT2D eigenvalue weighted by atomic mass is 9.81. The van der Waals surface area contributed by atoms with Crippen LogP contribution >= 0.6 is 23.4 Å². The number of β-lactam (4-membered cyclic amide) rings is 1. The zero-order valence-electron chi connectivity index (χ0n) is 15.5. The average Bonchev–Trinajstić information content (AvgIpc) is 2.85. The predicted molar refractivity (Wildman–Crippen MR) is 101 cm³/mol. The molecule has 162 valence electrons. The molecule has 0 unspecified atom stereocenters. The van der Waals surface area contributed by atoms with Crippen LogP contribution in [0.4, 0.5) is 0 Å². The summed E-state index contributed by atoms with van der Waals surface area (Å²) in [6.07, 6.45) is 1.21. The molecule has 2 aliphatic heterocycles. The number of aliphatic carboxylic acids is 1. The van der Waals surface area contributed by atoms with Crippen molar-refractivity contribution in [1.29, 1.82) is 0 Å². The molecule has 11 nitrogen and oxygen atoms in total. The molecular formula is C15H19ClN2O9S2. The predicted octanol–water partition coefficient (Wildman–Crippen LogP) is 0.992. The third-order valence-electron chi connectivity index (χ3n) is 4.20. The number of carbonyl (C=O) groups excluding carboxylic acids is 2. The number of nitrogens with one attached hydrogen (secondary N) is 1. The van der Waals surface area contributed by atoms with Gasteiger partial charge in [0.05, 0.1) is 10.4 Å². The molecule has 3 N–H and O–H groups in total. The van der Waals surface area contributed by atoms with Crippen LogP contribution in [0, 0.1) is 5.92 Å². The maximum absolute atomic E-state index is 12.7. The smallest absolute Gasteiger partial charge is 0.400 e. The number of carboxylic acid groups (broad SMARTS) is 1. The van der Waals surface area contributed by atoms with Crippen LogP contribution in [0.2, 0.25) is 0 Å². The maximum atomic E-state index is 12.7. The Labute approximate surface area is 176 Å². The standard InChI is InChI=1S/C15H19ClN2O9S2/c1-4-26-15(3,27-29(23,24)25)11-8-5-9(28-10(16)6-17-7(2)19)12(14(21)22)18(8)13(11)20/h6,8,11H,4-5H2,1-3H3,(H,17,19)(H,21,22)(H,23,24,25)/b10-6+/t8-,11+,15+/m1/s1. The van der Waals surface area contributed by atoms with Crippen molar-refractivity contribution in [2.45, 2.75) is 39.0 Å². The van der Waals surface area contributed by atoms with Crippen molar-refractivity contribution in [2.75, 3.05) is 6.61 Å². The second-order valence-corrected chi connectivity index (χ2v) is 9.04. The van der Waals surface area contributed by atoms with Crippen molar-refractivity contribution < 1.29 is 41.4 Å². The van der Waals surface area contributed by atoms with Gasteiger partial charge in [-0.05, 0) is 13.8 Å². The summed E-state index contributed by atoms with van der Waals surface area (Å²) in [5.74, 6) is -5.70. The van der Waals surface area contributed by atoms with Crippen LogP contribution in [-0.4, -0.2) is 59.2 Å².